The number of nitro benzene ring substituents is 1. The van der Waals surface area contributed by atoms with Gasteiger partial charge >= 0.3 is 11.1 Å². The average Bonchev–Trinajstić information content (AvgIpc) is 2.55. The first-order valence-electron chi connectivity index (χ1n) is 7.03. The molecule has 0 fully saturated rings. The molecule has 8 nitrogen and oxygen atoms in total. The van der Waals surface area contributed by atoms with Gasteiger partial charge < -0.3 is 15.3 Å². The van der Waals surface area contributed by atoms with E-state index in [1.54, 1.807) is 0 Å². The van der Waals surface area contributed by atoms with Crippen molar-refractivity contribution in [2.45, 2.75) is 6.54 Å². The molecule has 0 aliphatic heterocycles. The van der Waals surface area contributed by atoms with Crippen LogP contribution >= 0.6 is 0 Å². The van der Waals surface area contributed by atoms with Crippen LogP contribution in [0, 0.1) is 17.0 Å². The van der Waals surface area contributed by atoms with Crippen LogP contribution in [0.15, 0.2) is 46.0 Å². The zero-order valence-electron chi connectivity index (χ0n) is 12.5. The predicted octanol–water partition coefficient (Wildman–Crippen LogP) is 1.92. The van der Waals surface area contributed by atoms with E-state index in [2.05, 4.69) is 22.2 Å². The molecule has 0 unspecified atom stereocenters. The van der Waals surface area contributed by atoms with Crippen molar-refractivity contribution in [2.75, 3.05) is 5.32 Å². The second-order valence-corrected chi connectivity index (χ2v) is 5.24. The second-order valence-electron chi connectivity index (χ2n) is 5.24. The third kappa shape index (κ3) is 3.02. The minimum atomic E-state index is -0.854. The summed E-state index contributed by atoms with van der Waals surface area (Å²) in [5.41, 5.74) is 0.885. The number of H-pyrrole nitrogens is 2. The van der Waals surface area contributed by atoms with Crippen molar-refractivity contribution in [3.8, 4) is 0 Å². The molecule has 1 aromatic heterocycles. The molecule has 2 aromatic carbocycles. The van der Waals surface area contributed by atoms with E-state index in [1.807, 2.05) is 24.3 Å². The Morgan fingerprint density at radius 3 is 2.42 bits per heavy atom. The van der Waals surface area contributed by atoms with Gasteiger partial charge in [0.1, 0.15) is 0 Å². The largest absolute Gasteiger partial charge is 0.381 e. The van der Waals surface area contributed by atoms with Gasteiger partial charge in [-0.3, -0.25) is 19.7 Å². The standard InChI is InChI=1S/C16H13N4O4/c1-9-2-4-11(5-3-9)17-8-10-6-12(20(23)24)7-13-14(10)19-16(22)15(21)18-13/h2-7,17H,1,8H2,(H,18,21)(H,19,22). The minimum absolute atomic E-state index is 0.171. The summed E-state index contributed by atoms with van der Waals surface area (Å²) in [6.45, 7) is 4.03. The Morgan fingerprint density at radius 1 is 1.08 bits per heavy atom. The van der Waals surface area contributed by atoms with Crippen LogP contribution < -0.4 is 16.4 Å². The highest BCUT2D eigenvalue weighted by Gasteiger charge is 2.13. The topological polar surface area (TPSA) is 121 Å². The second kappa shape index (κ2) is 5.99. The van der Waals surface area contributed by atoms with Gasteiger partial charge in [-0.2, -0.15) is 0 Å². The third-order valence-corrected chi connectivity index (χ3v) is 3.55. The Morgan fingerprint density at radius 2 is 1.75 bits per heavy atom. The van der Waals surface area contributed by atoms with Crippen molar-refractivity contribution in [1.29, 1.82) is 0 Å². The Labute approximate surface area is 135 Å². The number of non-ortho nitro benzene ring substituents is 1. The average molecular weight is 325 g/mol. The molecular formula is C16H13N4O4. The molecular weight excluding hydrogens is 312 g/mol. The van der Waals surface area contributed by atoms with Crippen LogP contribution in [0.25, 0.3) is 11.0 Å². The van der Waals surface area contributed by atoms with Crippen molar-refractivity contribution in [3.63, 3.8) is 0 Å². The first-order chi connectivity index (χ1) is 11.4. The van der Waals surface area contributed by atoms with Gasteiger partial charge in [-0.05, 0) is 24.6 Å². The summed E-state index contributed by atoms with van der Waals surface area (Å²) in [6, 6.07) is 9.88. The van der Waals surface area contributed by atoms with Gasteiger partial charge in [-0.25, -0.2) is 0 Å². The number of rotatable bonds is 4. The summed E-state index contributed by atoms with van der Waals surface area (Å²) in [7, 11) is 0. The van der Waals surface area contributed by atoms with E-state index in [1.165, 1.54) is 12.1 Å². The molecule has 8 heteroatoms. The SMILES string of the molecule is [CH2]c1ccc(NCc2cc([N+](=O)[O-])cc3[nH]c(=O)c(=O)[nH]c23)cc1. The molecule has 1 radical (unpaired) electrons. The number of aromatic amines is 2. The summed E-state index contributed by atoms with van der Waals surface area (Å²) in [5.74, 6) is 0. The van der Waals surface area contributed by atoms with Crippen molar-refractivity contribution < 1.29 is 4.92 Å². The fourth-order valence-electron chi connectivity index (χ4n) is 2.35. The number of hydrogen-bond acceptors (Lipinski definition) is 5. The van der Waals surface area contributed by atoms with Crippen LogP contribution in [0.4, 0.5) is 11.4 Å². The number of aromatic nitrogens is 2. The molecule has 0 saturated carbocycles. The van der Waals surface area contributed by atoms with Crippen molar-refractivity contribution in [1.82, 2.24) is 9.97 Å². The van der Waals surface area contributed by atoms with Crippen LogP contribution in [0.2, 0.25) is 0 Å². The summed E-state index contributed by atoms with van der Waals surface area (Å²) < 4.78 is 0. The molecule has 24 heavy (non-hydrogen) atoms. The van der Waals surface area contributed by atoms with Crippen LogP contribution in [0.3, 0.4) is 0 Å². The van der Waals surface area contributed by atoms with Gasteiger partial charge in [0.25, 0.3) is 5.69 Å². The number of nitrogens with one attached hydrogen (secondary N) is 3. The fraction of sp³-hybridized carbons (Fsp3) is 0.0625. The zero-order chi connectivity index (χ0) is 17.3. The van der Waals surface area contributed by atoms with E-state index in [0.29, 0.717) is 11.1 Å². The Hall–Kier alpha value is -3.42. The highest BCUT2D eigenvalue weighted by molar-refractivity contribution is 5.80. The maximum absolute atomic E-state index is 11.6. The lowest BCUT2D eigenvalue weighted by molar-refractivity contribution is -0.384. The maximum atomic E-state index is 11.6. The summed E-state index contributed by atoms with van der Waals surface area (Å²) in [4.78, 5) is 38.3. The first-order valence-corrected chi connectivity index (χ1v) is 7.03. The Bertz CT molecular complexity index is 1030. The molecule has 3 N–H and O–H groups in total. The van der Waals surface area contributed by atoms with Crippen molar-refractivity contribution in [3.05, 3.63) is 85.3 Å². The fourth-order valence-corrected chi connectivity index (χ4v) is 2.35. The van der Waals surface area contributed by atoms with Crippen LogP contribution in [-0.4, -0.2) is 14.9 Å². The zero-order valence-corrected chi connectivity index (χ0v) is 12.5. The van der Waals surface area contributed by atoms with Gasteiger partial charge in [0, 0.05) is 29.9 Å². The normalized spacial score (nSPS) is 10.7. The van der Waals surface area contributed by atoms with E-state index in [-0.39, 0.29) is 17.7 Å². The lowest BCUT2D eigenvalue weighted by Crippen LogP contribution is -2.29. The van der Waals surface area contributed by atoms with Crippen LogP contribution in [0.1, 0.15) is 11.1 Å². The predicted molar refractivity (Wildman–Crippen MR) is 90.1 cm³/mol. The number of fused-ring (bicyclic) bond motifs is 1. The quantitative estimate of drug-likeness (QED) is 0.384. The molecule has 3 aromatic rings. The summed E-state index contributed by atoms with van der Waals surface area (Å²) >= 11 is 0. The highest BCUT2D eigenvalue weighted by Crippen LogP contribution is 2.22. The molecule has 121 valence electrons. The number of hydrogen-bond donors (Lipinski definition) is 3. The molecule has 0 atom stereocenters. The van der Waals surface area contributed by atoms with Gasteiger partial charge in [0.15, 0.2) is 0 Å². The van der Waals surface area contributed by atoms with Gasteiger partial charge in [-0.15, -0.1) is 0 Å². The van der Waals surface area contributed by atoms with Crippen LogP contribution in [0.5, 0.6) is 0 Å². The Balaban J connectivity index is 2.05. The van der Waals surface area contributed by atoms with Gasteiger partial charge in [-0.1, -0.05) is 12.1 Å². The van der Waals surface area contributed by atoms with E-state index in [0.717, 1.165) is 11.3 Å². The molecule has 0 amide bonds. The van der Waals surface area contributed by atoms with Gasteiger partial charge in [0.2, 0.25) is 0 Å². The number of anilines is 1. The lowest BCUT2D eigenvalue weighted by Gasteiger charge is -2.09. The van der Waals surface area contributed by atoms with E-state index in [4.69, 9.17) is 0 Å². The number of benzene rings is 2. The monoisotopic (exact) mass is 325 g/mol. The molecule has 0 saturated heterocycles. The van der Waals surface area contributed by atoms with E-state index in [9.17, 15) is 19.7 Å². The lowest BCUT2D eigenvalue weighted by atomic mass is 10.1. The van der Waals surface area contributed by atoms with E-state index >= 15 is 0 Å². The smallest absolute Gasteiger partial charge is 0.314 e. The first kappa shape index (κ1) is 15.5. The highest BCUT2D eigenvalue weighted by atomic mass is 16.6. The molecule has 0 aliphatic carbocycles. The number of nitro groups is 1. The molecule has 3 rings (SSSR count). The van der Waals surface area contributed by atoms with Crippen molar-refractivity contribution in [2.24, 2.45) is 0 Å². The third-order valence-electron chi connectivity index (χ3n) is 3.55. The summed E-state index contributed by atoms with van der Waals surface area (Å²) in [5, 5.41) is 14.2. The number of nitrogens with zero attached hydrogens (tertiary/aromatic N) is 1. The molecule has 0 spiro atoms. The van der Waals surface area contributed by atoms with Crippen LogP contribution in [-0.2, 0) is 6.54 Å². The van der Waals surface area contributed by atoms with E-state index < -0.39 is 16.0 Å². The Kier molecular flexibility index (Phi) is 3.87. The molecule has 1 heterocycles. The minimum Gasteiger partial charge on any atom is -0.381 e. The molecule has 0 aliphatic rings. The summed E-state index contributed by atoms with van der Waals surface area (Å²) in [6.07, 6.45) is 0. The maximum Gasteiger partial charge on any atom is 0.314 e. The molecule has 0 bridgehead atoms. The van der Waals surface area contributed by atoms with Gasteiger partial charge in [0.05, 0.1) is 16.0 Å². The van der Waals surface area contributed by atoms with Crippen molar-refractivity contribution >= 4 is 22.4 Å².